The molecule has 1 aromatic rings. The van der Waals surface area contributed by atoms with Crippen LogP contribution in [-0.4, -0.2) is 11.7 Å². The zero-order chi connectivity index (χ0) is 9.68. The number of rotatable bonds is 4. The van der Waals surface area contributed by atoms with Crippen molar-refractivity contribution in [2.24, 2.45) is 0 Å². The SMILES string of the molecule is O=C(CCS)NCc1sccc1Br. The van der Waals surface area contributed by atoms with Crippen molar-refractivity contribution in [3.8, 4) is 0 Å². The Kier molecular flexibility index (Phi) is 4.83. The van der Waals surface area contributed by atoms with Crippen molar-refractivity contribution in [2.75, 3.05) is 5.75 Å². The van der Waals surface area contributed by atoms with E-state index < -0.39 is 0 Å². The molecule has 0 fully saturated rings. The highest BCUT2D eigenvalue weighted by molar-refractivity contribution is 9.10. The van der Waals surface area contributed by atoms with Gasteiger partial charge >= 0.3 is 0 Å². The van der Waals surface area contributed by atoms with Gasteiger partial charge in [-0.2, -0.15) is 12.6 Å². The van der Waals surface area contributed by atoms with Gasteiger partial charge in [0, 0.05) is 15.8 Å². The summed E-state index contributed by atoms with van der Waals surface area (Å²) in [6, 6.07) is 1.98. The highest BCUT2D eigenvalue weighted by Crippen LogP contribution is 2.21. The highest BCUT2D eigenvalue weighted by Gasteiger charge is 2.03. The van der Waals surface area contributed by atoms with Crippen LogP contribution in [0.4, 0.5) is 0 Å². The van der Waals surface area contributed by atoms with E-state index in [1.54, 1.807) is 11.3 Å². The standard InChI is InChI=1S/C8H10BrNOS2/c9-6-2-4-13-7(6)5-10-8(11)1-3-12/h2,4,12H,1,3,5H2,(H,10,11). The fourth-order valence-corrected chi connectivity index (χ4v) is 2.46. The van der Waals surface area contributed by atoms with Crippen LogP contribution in [0.15, 0.2) is 15.9 Å². The highest BCUT2D eigenvalue weighted by atomic mass is 79.9. The van der Waals surface area contributed by atoms with Gasteiger partial charge in [0.2, 0.25) is 5.91 Å². The summed E-state index contributed by atoms with van der Waals surface area (Å²) >= 11 is 9.01. The number of carbonyl (C=O) groups excluding carboxylic acids is 1. The Morgan fingerprint density at radius 1 is 1.69 bits per heavy atom. The van der Waals surface area contributed by atoms with E-state index in [1.165, 1.54) is 0 Å². The van der Waals surface area contributed by atoms with Gasteiger partial charge in [-0.1, -0.05) is 0 Å². The Bertz CT molecular complexity index is 287. The number of thiophene rings is 1. The minimum absolute atomic E-state index is 0.0512. The lowest BCUT2D eigenvalue weighted by Gasteiger charge is -2.01. The fourth-order valence-electron chi connectivity index (χ4n) is 0.820. The predicted octanol–water partition coefficient (Wildman–Crippen LogP) is 2.45. The second kappa shape index (κ2) is 5.67. The van der Waals surface area contributed by atoms with Crippen molar-refractivity contribution in [3.05, 3.63) is 20.8 Å². The van der Waals surface area contributed by atoms with Crippen LogP contribution in [0.1, 0.15) is 11.3 Å². The van der Waals surface area contributed by atoms with E-state index in [1.807, 2.05) is 11.4 Å². The van der Waals surface area contributed by atoms with Gasteiger partial charge in [0.15, 0.2) is 0 Å². The molecular formula is C8H10BrNOS2. The van der Waals surface area contributed by atoms with Crippen LogP contribution in [0.5, 0.6) is 0 Å². The van der Waals surface area contributed by atoms with E-state index in [4.69, 9.17) is 0 Å². The molecule has 1 amide bonds. The summed E-state index contributed by atoms with van der Waals surface area (Å²) in [5, 5.41) is 4.81. The number of halogens is 1. The van der Waals surface area contributed by atoms with Crippen molar-refractivity contribution in [1.29, 1.82) is 0 Å². The van der Waals surface area contributed by atoms with Crippen molar-refractivity contribution in [2.45, 2.75) is 13.0 Å². The summed E-state index contributed by atoms with van der Waals surface area (Å²) in [7, 11) is 0. The van der Waals surface area contributed by atoms with Gasteiger partial charge in [-0.15, -0.1) is 11.3 Å². The normalized spacial score (nSPS) is 10.0. The number of hydrogen-bond donors (Lipinski definition) is 2. The van der Waals surface area contributed by atoms with Crippen LogP contribution in [0.25, 0.3) is 0 Å². The molecular weight excluding hydrogens is 270 g/mol. The molecule has 0 spiro atoms. The summed E-state index contributed by atoms with van der Waals surface area (Å²) in [6.45, 7) is 0.602. The molecule has 1 aromatic heterocycles. The lowest BCUT2D eigenvalue weighted by atomic mass is 10.4. The maximum atomic E-state index is 11.1. The smallest absolute Gasteiger partial charge is 0.221 e. The largest absolute Gasteiger partial charge is 0.351 e. The number of nitrogens with one attached hydrogen (secondary N) is 1. The number of carbonyl (C=O) groups is 1. The van der Waals surface area contributed by atoms with Gasteiger partial charge < -0.3 is 5.32 Å². The van der Waals surface area contributed by atoms with E-state index >= 15 is 0 Å². The lowest BCUT2D eigenvalue weighted by molar-refractivity contribution is -0.120. The van der Waals surface area contributed by atoms with Crippen LogP contribution in [0, 0.1) is 0 Å². The van der Waals surface area contributed by atoms with E-state index in [2.05, 4.69) is 33.9 Å². The first-order valence-electron chi connectivity index (χ1n) is 3.83. The van der Waals surface area contributed by atoms with Crippen LogP contribution in [0.2, 0.25) is 0 Å². The molecule has 1 N–H and O–H groups in total. The average Bonchev–Trinajstić information content (AvgIpc) is 2.48. The van der Waals surface area contributed by atoms with Crippen molar-refractivity contribution >= 4 is 45.8 Å². The average molecular weight is 280 g/mol. The third kappa shape index (κ3) is 3.70. The molecule has 0 atom stereocenters. The first-order chi connectivity index (χ1) is 6.24. The van der Waals surface area contributed by atoms with Gasteiger partial charge in [0.25, 0.3) is 0 Å². The second-order valence-corrected chi connectivity index (χ2v) is 4.74. The van der Waals surface area contributed by atoms with Crippen molar-refractivity contribution < 1.29 is 4.79 Å². The molecule has 0 saturated heterocycles. The summed E-state index contributed by atoms with van der Waals surface area (Å²) in [4.78, 5) is 12.2. The Hall–Kier alpha value is -0.000000000000000111. The molecule has 0 aliphatic heterocycles. The summed E-state index contributed by atoms with van der Waals surface area (Å²) in [6.07, 6.45) is 0.478. The first kappa shape index (κ1) is 11.1. The third-order valence-corrected chi connectivity index (χ3v) is 3.63. The fraction of sp³-hybridized carbons (Fsp3) is 0.375. The van der Waals surface area contributed by atoms with Crippen LogP contribution >= 0.6 is 39.9 Å². The number of hydrogen-bond acceptors (Lipinski definition) is 3. The van der Waals surface area contributed by atoms with Gasteiger partial charge in [-0.05, 0) is 33.1 Å². The van der Waals surface area contributed by atoms with Crippen LogP contribution in [0.3, 0.4) is 0 Å². The molecule has 0 unspecified atom stereocenters. The van der Waals surface area contributed by atoms with Gasteiger partial charge in [0.05, 0.1) is 6.54 Å². The van der Waals surface area contributed by atoms with Crippen LogP contribution in [-0.2, 0) is 11.3 Å². The first-order valence-corrected chi connectivity index (χ1v) is 6.14. The molecule has 0 aromatic carbocycles. The lowest BCUT2D eigenvalue weighted by Crippen LogP contribution is -2.22. The quantitative estimate of drug-likeness (QED) is 0.815. The predicted molar refractivity (Wildman–Crippen MR) is 62.3 cm³/mol. The van der Waals surface area contributed by atoms with Crippen molar-refractivity contribution in [1.82, 2.24) is 5.32 Å². The molecule has 0 aliphatic rings. The summed E-state index contributed by atoms with van der Waals surface area (Å²) < 4.78 is 1.06. The number of amides is 1. The second-order valence-electron chi connectivity index (χ2n) is 2.44. The topological polar surface area (TPSA) is 29.1 Å². The molecule has 13 heavy (non-hydrogen) atoms. The molecule has 1 heterocycles. The van der Waals surface area contributed by atoms with Crippen molar-refractivity contribution in [3.63, 3.8) is 0 Å². The Labute approximate surface area is 95.3 Å². The maximum absolute atomic E-state index is 11.1. The van der Waals surface area contributed by atoms with E-state index in [0.29, 0.717) is 18.7 Å². The van der Waals surface area contributed by atoms with Gasteiger partial charge in [-0.3, -0.25) is 4.79 Å². The maximum Gasteiger partial charge on any atom is 0.221 e. The van der Waals surface area contributed by atoms with E-state index in [0.717, 1.165) is 9.35 Å². The van der Waals surface area contributed by atoms with Gasteiger partial charge in [-0.25, -0.2) is 0 Å². The summed E-state index contributed by atoms with van der Waals surface area (Å²) in [5.74, 6) is 0.646. The Morgan fingerprint density at radius 2 is 2.46 bits per heavy atom. The van der Waals surface area contributed by atoms with E-state index in [9.17, 15) is 4.79 Å². The van der Waals surface area contributed by atoms with Crippen LogP contribution < -0.4 is 5.32 Å². The Balaban J connectivity index is 2.35. The number of thiol groups is 1. The Morgan fingerprint density at radius 3 is 3.00 bits per heavy atom. The monoisotopic (exact) mass is 279 g/mol. The molecule has 1 rings (SSSR count). The minimum atomic E-state index is 0.0512. The molecule has 0 saturated carbocycles. The molecule has 0 radical (unpaired) electrons. The zero-order valence-corrected chi connectivity index (χ0v) is 10.2. The van der Waals surface area contributed by atoms with Gasteiger partial charge in [0.1, 0.15) is 0 Å². The third-order valence-electron chi connectivity index (χ3n) is 1.48. The molecule has 72 valence electrons. The molecule has 0 aliphatic carbocycles. The minimum Gasteiger partial charge on any atom is -0.351 e. The summed E-state index contributed by atoms with van der Waals surface area (Å²) in [5.41, 5.74) is 0. The molecule has 0 bridgehead atoms. The molecule has 2 nitrogen and oxygen atoms in total. The zero-order valence-electron chi connectivity index (χ0n) is 6.92. The molecule has 5 heteroatoms. The van der Waals surface area contributed by atoms with E-state index in [-0.39, 0.29) is 5.91 Å².